The van der Waals surface area contributed by atoms with E-state index in [1.807, 2.05) is 30.9 Å². The average Bonchev–Trinajstić information content (AvgIpc) is 3.03. The van der Waals surface area contributed by atoms with E-state index in [-0.39, 0.29) is 12.1 Å². The van der Waals surface area contributed by atoms with Crippen LogP contribution in [0.4, 0.5) is 10.5 Å². The molecule has 16 heavy (non-hydrogen) atoms. The van der Waals surface area contributed by atoms with Gasteiger partial charge in [0.1, 0.15) is 0 Å². The van der Waals surface area contributed by atoms with Gasteiger partial charge in [-0.05, 0) is 38.8 Å². The molecule has 0 bridgehead atoms. The Morgan fingerprint density at radius 2 is 2.31 bits per heavy atom. The number of amides is 2. The highest BCUT2D eigenvalue weighted by molar-refractivity contribution is 5.89. The maximum absolute atomic E-state index is 12.0. The van der Waals surface area contributed by atoms with E-state index in [9.17, 15) is 4.79 Å². The van der Waals surface area contributed by atoms with Crippen LogP contribution in [0.5, 0.6) is 0 Å². The smallest absolute Gasteiger partial charge is 0.319 e. The zero-order valence-corrected chi connectivity index (χ0v) is 9.68. The van der Waals surface area contributed by atoms with E-state index in [0.717, 1.165) is 18.5 Å². The first-order valence-corrected chi connectivity index (χ1v) is 5.68. The van der Waals surface area contributed by atoms with Gasteiger partial charge in [0.2, 0.25) is 0 Å². The van der Waals surface area contributed by atoms with Gasteiger partial charge in [0.05, 0.1) is 11.9 Å². The Kier molecular flexibility index (Phi) is 3.08. The van der Waals surface area contributed by atoms with Crippen molar-refractivity contribution in [3.05, 3.63) is 24.5 Å². The molecule has 0 radical (unpaired) electrons. The highest BCUT2D eigenvalue weighted by atomic mass is 16.2. The van der Waals surface area contributed by atoms with E-state index in [2.05, 4.69) is 10.3 Å². The van der Waals surface area contributed by atoms with Crippen molar-refractivity contribution < 1.29 is 4.79 Å². The third-order valence-corrected chi connectivity index (χ3v) is 2.64. The molecule has 1 saturated carbocycles. The minimum atomic E-state index is -0.0227. The molecule has 1 heterocycles. The summed E-state index contributed by atoms with van der Waals surface area (Å²) in [6.07, 6.45) is 5.59. The third kappa shape index (κ3) is 2.51. The van der Waals surface area contributed by atoms with Crippen molar-refractivity contribution in [2.75, 3.05) is 5.32 Å². The van der Waals surface area contributed by atoms with Crippen molar-refractivity contribution >= 4 is 11.7 Å². The first-order chi connectivity index (χ1) is 7.68. The van der Waals surface area contributed by atoms with Crippen LogP contribution in [0.25, 0.3) is 0 Å². The van der Waals surface area contributed by atoms with Gasteiger partial charge in [0.25, 0.3) is 0 Å². The number of aromatic nitrogens is 1. The van der Waals surface area contributed by atoms with Crippen molar-refractivity contribution in [2.24, 2.45) is 0 Å². The van der Waals surface area contributed by atoms with Crippen molar-refractivity contribution in [1.82, 2.24) is 9.88 Å². The van der Waals surface area contributed by atoms with E-state index >= 15 is 0 Å². The molecule has 0 aromatic carbocycles. The number of hydrogen-bond donors (Lipinski definition) is 1. The van der Waals surface area contributed by atoms with Crippen molar-refractivity contribution in [3.8, 4) is 0 Å². The van der Waals surface area contributed by atoms with Gasteiger partial charge in [-0.3, -0.25) is 4.98 Å². The van der Waals surface area contributed by atoms with Gasteiger partial charge in [-0.15, -0.1) is 0 Å². The molecule has 1 fully saturated rings. The van der Waals surface area contributed by atoms with Crippen LogP contribution in [0.2, 0.25) is 0 Å². The molecule has 1 N–H and O–H groups in total. The van der Waals surface area contributed by atoms with Gasteiger partial charge in [-0.2, -0.15) is 0 Å². The van der Waals surface area contributed by atoms with E-state index in [0.29, 0.717) is 6.04 Å². The lowest BCUT2D eigenvalue weighted by Crippen LogP contribution is -2.41. The predicted octanol–water partition coefficient (Wildman–Crippen LogP) is 2.49. The fourth-order valence-electron chi connectivity index (χ4n) is 1.80. The van der Waals surface area contributed by atoms with E-state index in [4.69, 9.17) is 0 Å². The van der Waals surface area contributed by atoms with E-state index < -0.39 is 0 Å². The lowest BCUT2D eigenvalue weighted by atomic mass is 10.3. The Balaban J connectivity index is 2.01. The summed E-state index contributed by atoms with van der Waals surface area (Å²) in [5.74, 6) is 0. The highest BCUT2D eigenvalue weighted by Gasteiger charge is 2.34. The van der Waals surface area contributed by atoms with Crippen molar-refractivity contribution in [2.45, 2.75) is 38.8 Å². The molecule has 86 valence electrons. The molecular weight excluding hydrogens is 202 g/mol. The second-order valence-electron chi connectivity index (χ2n) is 4.40. The molecule has 2 amide bonds. The summed E-state index contributed by atoms with van der Waals surface area (Å²) < 4.78 is 0. The number of nitrogens with one attached hydrogen (secondary N) is 1. The molecule has 4 heteroatoms. The molecule has 1 aliphatic carbocycles. The number of carbonyl (C=O) groups is 1. The monoisotopic (exact) mass is 219 g/mol. The standard InChI is InChI=1S/C12H17N3O/c1-9(2)15(11-5-6-11)12(16)14-10-4-3-7-13-8-10/h3-4,7-9,11H,5-6H2,1-2H3,(H,14,16). The van der Waals surface area contributed by atoms with Crippen LogP contribution in [0.1, 0.15) is 26.7 Å². The van der Waals surface area contributed by atoms with Gasteiger partial charge >= 0.3 is 6.03 Å². The van der Waals surface area contributed by atoms with Crippen molar-refractivity contribution in [3.63, 3.8) is 0 Å². The lowest BCUT2D eigenvalue weighted by molar-refractivity contribution is 0.193. The maximum atomic E-state index is 12.0. The first-order valence-electron chi connectivity index (χ1n) is 5.68. The summed E-state index contributed by atoms with van der Waals surface area (Å²) in [6.45, 7) is 4.09. The molecule has 4 nitrogen and oxygen atoms in total. The van der Waals surface area contributed by atoms with Gasteiger partial charge < -0.3 is 10.2 Å². The molecule has 0 unspecified atom stereocenters. The van der Waals surface area contributed by atoms with Crippen molar-refractivity contribution in [1.29, 1.82) is 0 Å². The molecule has 0 saturated heterocycles. The molecule has 1 aromatic rings. The molecule has 0 atom stereocenters. The fraction of sp³-hybridized carbons (Fsp3) is 0.500. The minimum Gasteiger partial charge on any atom is -0.319 e. The molecule has 1 aromatic heterocycles. The zero-order valence-electron chi connectivity index (χ0n) is 9.68. The SMILES string of the molecule is CC(C)N(C(=O)Nc1cccnc1)C1CC1. The average molecular weight is 219 g/mol. The Labute approximate surface area is 95.7 Å². The summed E-state index contributed by atoms with van der Waals surface area (Å²) in [6, 6.07) is 4.30. The number of anilines is 1. The largest absolute Gasteiger partial charge is 0.322 e. The topological polar surface area (TPSA) is 45.2 Å². The summed E-state index contributed by atoms with van der Waals surface area (Å²) in [4.78, 5) is 17.9. The Bertz CT molecular complexity index is 358. The van der Waals surface area contributed by atoms with Crippen LogP contribution in [0, 0.1) is 0 Å². The normalized spacial score (nSPS) is 14.9. The predicted molar refractivity (Wildman–Crippen MR) is 63.3 cm³/mol. The molecular formula is C12H17N3O. The van der Waals surface area contributed by atoms with Crippen LogP contribution >= 0.6 is 0 Å². The fourth-order valence-corrected chi connectivity index (χ4v) is 1.80. The second-order valence-corrected chi connectivity index (χ2v) is 4.40. The minimum absolute atomic E-state index is 0.0227. The number of urea groups is 1. The van der Waals surface area contributed by atoms with Gasteiger partial charge in [0, 0.05) is 18.3 Å². The molecule has 0 spiro atoms. The van der Waals surface area contributed by atoms with E-state index in [1.165, 1.54) is 0 Å². The Morgan fingerprint density at radius 3 is 2.81 bits per heavy atom. The summed E-state index contributed by atoms with van der Waals surface area (Å²) in [7, 11) is 0. The summed E-state index contributed by atoms with van der Waals surface area (Å²) in [5, 5.41) is 2.87. The first kappa shape index (κ1) is 10.9. The quantitative estimate of drug-likeness (QED) is 0.848. The highest BCUT2D eigenvalue weighted by Crippen LogP contribution is 2.29. The van der Waals surface area contributed by atoms with Crippen LogP contribution in [0.3, 0.4) is 0 Å². The molecule has 2 rings (SSSR count). The Hall–Kier alpha value is -1.58. The third-order valence-electron chi connectivity index (χ3n) is 2.64. The van der Waals surface area contributed by atoms with Crippen LogP contribution in [0.15, 0.2) is 24.5 Å². The number of pyridine rings is 1. The van der Waals surface area contributed by atoms with Gasteiger partial charge in [-0.1, -0.05) is 0 Å². The number of hydrogen-bond acceptors (Lipinski definition) is 2. The number of carbonyl (C=O) groups excluding carboxylic acids is 1. The summed E-state index contributed by atoms with van der Waals surface area (Å²) in [5.41, 5.74) is 0.749. The van der Waals surface area contributed by atoms with Crippen LogP contribution in [-0.4, -0.2) is 28.0 Å². The summed E-state index contributed by atoms with van der Waals surface area (Å²) >= 11 is 0. The maximum Gasteiger partial charge on any atom is 0.322 e. The van der Waals surface area contributed by atoms with Crippen LogP contribution < -0.4 is 5.32 Å². The number of rotatable bonds is 3. The van der Waals surface area contributed by atoms with E-state index in [1.54, 1.807) is 12.4 Å². The molecule has 1 aliphatic rings. The second kappa shape index (κ2) is 4.51. The number of nitrogens with zero attached hydrogens (tertiary/aromatic N) is 2. The molecule has 0 aliphatic heterocycles. The Morgan fingerprint density at radius 1 is 1.56 bits per heavy atom. The zero-order chi connectivity index (χ0) is 11.5. The van der Waals surface area contributed by atoms with Gasteiger partial charge in [0.15, 0.2) is 0 Å². The van der Waals surface area contributed by atoms with Crippen LogP contribution in [-0.2, 0) is 0 Å². The lowest BCUT2D eigenvalue weighted by Gasteiger charge is -2.26. The van der Waals surface area contributed by atoms with Gasteiger partial charge in [-0.25, -0.2) is 4.79 Å².